The number of Topliss-reactive ketones (excluding diaryl/α,β-unsaturated/α-hetero) is 1. The Balaban J connectivity index is 1.67. The minimum absolute atomic E-state index is 0.0524. The van der Waals surface area contributed by atoms with Crippen LogP contribution in [0.4, 0.5) is 0 Å². The van der Waals surface area contributed by atoms with Gasteiger partial charge in [0.2, 0.25) is 5.89 Å². The van der Waals surface area contributed by atoms with Crippen molar-refractivity contribution in [1.82, 2.24) is 10.2 Å². The van der Waals surface area contributed by atoms with Crippen molar-refractivity contribution in [2.45, 2.75) is 19.1 Å². The Kier molecular flexibility index (Phi) is 4.99. The van der Waals surface area contributed by atoms with Crippen LogP contribution in [-0.4, -0.2) is 21.7 Å². The number of rotatable bonds is 5. The van der Waals surface area contributed by atoms with Crippen LogP contribution in [0, 0.1) is 13.8 Å². The number of aromatic nitrogens is 2. The summed E-state index contributed by atoms with van der Waals surface area (Å²) in [5.74, 6) is 0.806. The average Bonchev–Trinajstić information content (AvgIpc) is 3.17. The summed E-state index contributed by atoms with van der Waals surface area (Å²) < 4.78 is 6.58. The van der Waals surface area contributed by atoms with Crippen molar-refractivity contribution < 1.29 is 9.21 Å². The van der Waals surface area contributed by atoms with E-state index in [9.17, 15) is 4.79 Å². The quantitative estimate of drug-likeness (QED) is 0.431. The number of halogens is 1. The van der Waals surface area contributed by atoms with Crippen molar-refractivity contribution in [3.63, 3.8) is 0 Å². The van der Waals surface area contributed by atoms with Crippen molar-refractivity contribution >= 4 is 44.8 Å². The molecule has 0 bridgehead atoms. The molecule has 0 radical (unpaired) electrons. The van der Waals surface area contributed by atoms with Gasteiger partial charge >= 0.3 is 0 Å². The van der Waals surface area contributed by atoms with Gasteiger partial charge in [0.25, 0.3) is 5.22 Å². The summed E-state index contributed by atoms with van der Waals surface area (Å²) in [6.45, 7) is 4.10. The Morgan fingerprint density at radius 3 is 2.74 bits per heavy atom. The molecule has 118 valence electrons. The molecular formula is C16H13BrN2O2S2. The Morgan fingerprint density at radius 2 is 2.04 bits per heavy atom. The minimum Gasteiger partial charge on any atom is -0.411 e. The molecule has 0 spiro atoms. The number of hydrogen-bond donors (Lipinski definition) is 0. The first-order valence-electron chi connectivity index (χ1n) is 6.85. The van der Waals surface area contributed by atoms with E-state index in [1.165, 1.54) is 34.2 Å². The lowest BCUT2D eigenvalue weighted by molar-refractivity contribution is 0.102. The maximum absolute atomic E-state index is 12.1. The molecule has 0 aliphatic carbocycles. The number of thioether (sulfide) groups is 1. The smallest absolute Gasteiger partial charge is 0.277 e. The predicted octanol–water partition coefficient (Wildman–Crippen LogP) is 5.15. The van der Waals surface area contributed by atoms with E-state index in [1.807, 2.05) is 37.3 Å². The zero-order valence-electron chi connectivity index (χ0n) is 12.5. The molecule has 0 aliphatic heterocycles. The van der Waals surface area contributed by atoms with Gasteiger partial charge in [-0.3, -0.25) is 4.79 Å². The molecule has 3 rings (SSSR count). The van der Waals surface area contributed by atoms with Crippen LogP contribution in [-0.2, 0) is 0 Å². The van der Waals surface area contributed by atoms with Gasteiger partial charge in [-0.25, -0.2) is 0 Å². The summed E-state index contributed by atoms with van der Waals surface area (Å²) >= 11 is 6.04. The monoisotopic (exact) mass is 408 g/mol. The number of hydrogen-bond acceptors (Lipinski definition) is 6. The standard InChI is InChI=1S/C16H13BrN2O2S2/c1-9-3-4-11(7-10(9)2)15-18-19-16(21-15)22-8-12(20)13-5-6-14(17)23-13/h3-7H,8H2,1-2H3. The molecule has 0 amide bonds. The van der Waals surface area contributed by atoms with Crippen LogP contribution in [0.15, 0.2) is 43.8 Å². The SMILES string of the molecule is Cc1ccc(-c2nnc(SCC(=O)c3ccc(Br)s3)o2)cc1C. The molecule has 0 saturated heterocycles. The summed E-state index contributed by atoms with van der Waals surface area (Å²) in [4.78, 5) is 12.8. The van der Waals surface area contributed by atoms with E-state index in [0.29, 0.717) is 11.1 Å². The average molecular weight is 409 g/mol. The molecule has 0 unspecified atom stereocenters. The highest BCUT2D eigenvalue weighted by molar-refractivity contribution is 9.11. The van der Waals surface area contributed by atoms with Crippen LogP contribution >= 0.6 is 39.0 Å². The second-order valence-electron chi connectivity index (χ2n) is 4.99. The fourth-order valence-electron chi connectivity index (χ4n) is 1.92. The van der Waals surface area contributed by atoms with Crippen LogP contribution in [0.5, 0.6) is 0 Å². The van der Waals surface area contributed by atoms with E-state index in [4.69, 9.17) is 4.42 Å². The third-order valence-electron chi connectivity index (χ3n) is 3.34. The molecule has 23 heavy (non-hydrogen) atoms. The van der Waals surface area contributed by atoms with Crippen LogP contribution in [0.1, 0.15) is 20.8 Å². The topological polar surface area (TPSA) is 56.0 Å². The van der Waals surface area contributed by atoms with Crippen LogP contribution in [0.2, 0.25) is 0 Å². The summed E-state index contributed by atoms with van der Waals surface area (Å²) in [7, 11) is 0. The molecule has 0 N–H and O–H groups in total. The lowest BCUT2D eigenvalue weighted by atomic mass is 10.1. The van der Waals surface area contributed by atoms with Gasteiger partial charge in [0.05, 0.1) is 14.4 Å². The molecule has 0 saturated carbocycles. The number of thiophene rings is 1. The first-order valence-corrected chi connectivity index (χ1v) is 9.45. The predicted molar refractivity (Wildman–Crippen MR) is 96.3 cm³/mol. The number of carbonyl (C=O) groups is 1. The van der Waals surface area contributed by atoms with Gasteiger partial charge < -0.3 is 4.42 Å². The summed E-state index contributed by atoms with van der Waals surface area (Å²) in [5.41, 5.74) is 3.28. The normalized spacial score (nSPS) is 10.9. The van der Waals surface area contributed by atoms with E-state index < -0.39 is 0 Å². The maximum Gasteiger partial charge on any atom is 0.277 e. The first-order chi connectivity index (χ1) is 11.0. The fourth-order valence-corrected chi connectivity index (χ4v) is 3.98. The van der Waals surface area contributed by atoms with Gasteiger partial charge in [-0.2, -0.15) is 0 Å². The van der Waals surface area contributed by atoms with Crippen molar-refractivity contribution in [2.24, 2.45) is 0 Å². The van der Waals surface area contributed by atoms with E-state index in [2.05, 4.69) is 33.1 Å². The molecule has 2 heterocycles. The number of ketones is 1. The number of nitrogens with zero attached hydrogens (tertiary/aromatic N) is 2. The lowest BCUT2D eigenvalue weighted by Gasteiger charge is -2.00. The van der Waals surface area contributed by atoms with Crippen molar-refractivity contribution in [1.29, 1.82) is 0 Å². The van der Waals surface area contributed by atoms with Crippen molar-refractivity contribution in [3.8, 4) is 11.5 Å². The van der Waals surface area contributed by atoms with Crippen LogP contribution in [0.3, 0.4) is 0 Å². The zero-order chi connectivity index (χ0) is 16.4. The minimum atomic E-state index is 0.0524. The van der Waals surface area contributed by atoms with Gasteiger partial charge in [0, 0.05) is 5.56 Å². The van der Waals surface area contributed by atoms with E-state index in [1.54, 1.807) is 0 Å². The summed E-state index contributed by atoms with van der Waals surface area (Å²) in [5, 5.41) is 8.47. The van der Waals surface area contributed by atoms with Gasteiger partial charge in [0.1, 0.15) is 0 Å². The molecule has 1 aromatic carbocycles. The highest BCUT2D eigenvalue weighted by atomic mass is 79.9. The Bertz CT molecular complexity index is 857. The molecule has 0 atom stereocenters. The third-order valence-corrected chi connectivity index (χ3v) is 5.82. The van der Waals surface area contributed by atoms with Gasteiger partial charge in [0.15, 0.2) is 5.78 Å². The molecule has 2 aromatic heterocycles. The molecule has 0 fully saturated rings. The first kappa shape index (κ1) is 16.4. The zero-order valence-corrected chi connectivity index (χ0v) is 15.7. The largest absolute Gasteiger partial charge is 0.411 e. The Hall–Kier alpha value is -1.44. The van der Waals surface area contributed by atoms with Crippen molar-refractivity contribution in [3.05, 3.63) is 50.1 Å². The molecular weight excluding hydrogens is 396 g/mol. The van der Waals surface area contributed by atoms with E-state index >= 15 is 0 Å². The summed E-state index contributed by atoms with van der Waals surface area (Å²) in [6.07, 6.45) is 0. The van der Waals surface area contributed by atoms with E-state index in [0.717, 1.165) is 14.2 Å². The highest BCUT2D eigenvalue weighted by Crippen LogP contribution is 2.27. The number of benzene rings is 1. The van der Waals surface area contributed by atoms with Gasteiger partial charge in [-0.15, -0.1) is 21.5 Å². The van der Waals surface area contributed by atoms with Gasteiger partial charge in [-0.05, 0) is 65.2 Å². The third kappa shape index (κ3) is 3.91. The molecule has 3 aromatic rings. The molecule has 7 heteroatoms. The number of aryl methyl sites for hydroxylation is 2. The van der Waals surface area contributed by atoms with E-state index in [-0.39, 0.29) is 11.5 Å². The second-order valence-corrected chi connectivity index (χ2v) is 8.38. The van der Waals surface area contributed by atoms with Gasteiger partial charge in [-0.1, -0.05) is 17.8 Å². The fraction of sp³-hybridized carbons (Fsp3) is 0.188. The van der Waals surface area contributed by atoms with Crippen LogP contribution < -0.4 is 0 Å². The molecule has 0 aliphatic rings. The Morgan fingerprint density at radius 1 is 1.22 bits per heavy atom. The lowest BCUT2D eigenvalue weighted by Crippen LogP contribution is -1.98. The maximum atomic E-state index is 12.1. The second kappa shape index (κ2) is 6.98. The molecule has 4 nitrogen and oxygen atoms in total. The van der Waals surface area contributed by atoms with Crippen molar-refractivity contribution in [2.75, 3.05) is 5.75 Å². The Labute approximate surface area is 150 Å². The highest BCUT2D eigenvalue weighted by Gasteiger charge is 2.14. The summed E-state index contributed by atoms with van der Waals surface area (Å²) in [6, 6.07) is 9.68. The number of carbonyl (C=O) groups excluding carboxylic acids is 1. The van der Waals surface area contributed by atoms with Crippen LogP contribution in [0.25, 0.3) is 11.5 Å².